The predicted octanol–water partition coefficient (Wildman–Crippen LogP) is 0.503. The third-order valence-corrected chi connectivity index (χ3v) is 4.89. The molecule has 1 aromatic rings. The molecule has 0 spiro atoms. The first kappa shape index (κ1) is 19.5. The minimum atomic E-state index is -0.533. The van der Waals surface area contributed by atoms with E-state index < -0.39 is 17.9 Å². The maximum Gasteiger partial charge on any atom is 0.230 e. The van der Waals surface area contributed by atoms with Crippen molar-refractivity contribution in [3.05, 3.63) is 24.0 Å². The molecule has 2 heterocycles. The van der Waals surface area contributed by atoms with Gasteiger partial charge in [-0.2, -0.15) is 0 Å². The Morgan fingerprint density at radius 3 is 2.85 bits per heavy atom. The van der Waals surface area contributed by atoms with E-state index in [2.05, 4.69) is 20.9 Å². The molecular formula is C18H25FN4O4. The first-order valence-electron chi connectivity index (χ1n) is 8.99. The van der Waals surface area contributed by atoms with Crippen molar-refractivity contribution in [1.82, 2.24) is 15.5 Å². The highest BCUT2D eigenvalue weighted by molar-refractivity contribution is 5.93. The van der Waals surface area contributed by atoms with Crippen molar-refractivity contribution >= 4 is 17.5 Å². The van der Waals surface area contributed by atoms with Crippen LogP contribution < -0.4 is 20.7 Å². The Bertz CT molecular complexity index is 696. The van der Waals surface area contributed by atoms with E-state index in [0.717, 1.165) is 13.1 Å². The van der Waals surface area contributed by atoms with Crippen LogP contribution in [0.3, 0.4) is 0 Å². The van der Waals surface area contributed by atoms with Crippen LogP contribution in [0.25, 0.3) is 0 Å². The second kappa shape index (κ2) is 8.64. The molecule has 0 radical (unpaired) electrons. The smallest absolute Gasteiger partial charge is 0.230 e. The van der Waals surface area contributed by atoms with Gasteiger partial charge in [-0.3, -0.25) is 19.8 Å². The molecule has 2 fully saturated rings. The number of methoxy groups -OCH3 is 1. The van der Waals surface area contributed by atoms with Gasteiger partial charge in [0.05, 0.1) is 45.0 Å². The summed E-state index contributed by atoms with van der Waals surface area (Å²) in [6.45, 7) is 4.48. The van der Waals surface area contributed by atoms with Gasteiger partial charge in [-0.1, -0.05) is 6.92 Å². The number of halogens is 1. The van der Waals surface area contributed by atoms with Crippen LogP contribution in [0.4, 0.5) is 10.1 Å². The Hall–Kier alpha value is -2.23. The molecule has 3 N–H and O–H groups in total. The van der Waals surface area contributed by atoms with Gasteiger partial charge in [0.25, 0.3) is 0 Å². The maximum atomic E-state index is 13.5. The molecule has 3 rings (SSSR count). The van der Waals surface area contributed by atoms with Crippen LogP contribution in [-0.2, 0) is 14.3 Å². The molecule has 1 aromatic carbocycles. The highest BCUT2D eigenvalue weighted by atomic mass is 19.1. The second-order valence-corrected chi connectivity index (χ2v) is 6.71. The van der Waals surface area contributed by atoms with Crippen molar-refractivity contribution in [2.24, 2.45) is 5.92 Å². The molecule has 0 aromatic heterocycles. The highest BCUT2D eigenvalue weighted by Crippen LogP contribution is 2.22. The van der Waals surface area contributed by atoms with E-state index >= 15 is 0 Å². The molecule has 3 atom stereocenters. The Balaban J connectivity index is 1.63. The minimum absolute atomic E-state index is 0.0527. The lowest BCUT2D eigenvalue weighted by Crippen LogP contribution is -2.65. The summed E-state index contributed by atoms with van der Waals surface area (Å²) in [5.41, 5.74) is 0.428. The number of hydrogen-bond acceptors (Lipinski definition) is 6. The minimum Gasteiger partial charge on any atom is -0.494 e. The summed E-state index contributed by atoms with van der Waals surface area (Å²) >= 11 is 0. The van der Waals surface area contributed by atoms with Gasteiger partial charge < -0.3 is 20.1 Å². The number of carbonyl (C=O) groups excluding carboxylic acids is 2. The summed E-state index contributed by atoms with van der Waals surface area (Å²) in [5.74, 6) is -1.37. The molecule has 0 aliphatic carbocycles. The Morgan fingerprint density at radius 2 is 2.15 bits per heavy atom. The van der Waals surface area contributed by atoms with Crippen LogP contribution >= 0.6 is 0 Å². The van der Waals surface area contributed by atoms with Crippen LogP contribution in [0.15, 0.2) is 18.2 Å². The van der Waals surface area contributed by atoms with E-state index in [1.54, 1.807) is 6.92 Å². The van der Waals surface area contributed by atoms with Crippen molar-refractivity contribution in [2.45, 2.75) is 25.7 Å². The van der Waals surface area contributed by atoms with Gasteiger partial charge in [0, 0.05) is 24.8 Å². The fourth-order valence-electron chi connectivity index (χ4n) is 3.25. The van der Waals surface area contributed by atoms with Crippen molar-refractivity contribution in [3.8, 4) is 5.75 Å². The summed E-state index contributed by atoms with van der Waals surface area (Å²) in [4.78, 5) is 26.9. The third kappa shape index (κ3) is 4.74. The lowest BCUT2D eigenvalue weighted by molar-refractivity contribution is -0.130. The predicted molar refractivity (Wildman–Crippen MR) is 96.6 cm³/mol. The van der Waals surface area contributed by atoms with E-state index in [9.17, 15) is 14.0 Å². The van der Waals surface area contributed by atoms with Crippen LogP contribution in [0.1, 0.15) is 13.3 Å². The second-order valence-electron chi connectivity index (χ2n) is 6.71. The number of anilines is 1. The molecule has 2 amide bonds. The van der Waals surface area contributed by atoms with Crippen molar-refractivity contribution in [2.75, 3.05) is 38.7 Å². The SMILES string of the molecule is COc1cc(NC(=O)C(C)C2NC(=O)CC(N3CCOCC3)N2)ccc1F. The Morgan fingerprint density at radius 1 is 1.41 bits per heavy atom. The molecule has 2 aliphatic heterocycles. The fraction of sp³-hybridized carbons (Fsp3) is 0.556. The number of nitrogens with one attached hydrogen (secondary N) is 3. The number of rotatable bonds is 5. The summed E-state index contributed by atoms with van der Waals surface area (Å²) in [5, 5.41) is 8.91. The largest absolute Gasteiger partial charge is 0.494 e. The monoisotopic (exact) mass is 380 g/mol. The molecular weight excluding hydrogens is 355 g/mol. The summed E-state index contributed by atoms with van der Waals surface area (Å²) in [6.07, 6.45) is -0.296. The van der Waals surface area contributed by atoms with Crippen molar-refractivity contribution < 1.29 is 23.5 Å². The first-order valence-corrected chi connectivity index (χ1v) is 8.99. The summed E-state index contributed by atoms with van der Waals surface area (Å²) in [6, 6.07) is 4.11. The van der Waals surface area contributed by atoms with Gasteiger partial charge in [-0.05, 0) is 12.1 Å². The number of carbonyl (C=O) groups is 2. The average molecular weight is 380 g/mol. The van der Waals surface area contributed by atoms with Crippen molar-refractivity contribution in [1.29, 1.82) is 0 Å². The number of hydrogen-bond donors (Lipinski definition) is 3. The van der Waals surface area contributed by atoms with Crippen LogP contribution in [-0.4, -0.2) is 62.5 Å². The normalized spacial score (nSPS) is 24.8. The van der Waals surface area contributed by atoms with Gasteiger partial charge in [0.2, 0.25) is 11.8 Å². The molecule has 27 heavy (non-hydrogen) atoms. The van der Waals surface area contributed by atoms with Crippen LogP contribution in [0.2, 0.25) is 0 Å². The fourth-order valence-corrected chi connectivity index (χ4v) is 3.25. The zero-order chi connectivity index (χ0) is 19.4. The van der Waals surface area contributed by atoms with Gasteiger partial charge in [0.15, 0.2) is 11.6 Å². The van der Waals surface area contributed by atoms with E-state index in [1.807, 2.05) is 0 Å². The number of morpholine rings is 1. The molecule has 0 bridgehead atoms. The molecule has 2 aliphatic rings. The van der Waals surface area contributed by atoms with Crippen LogP contribution in [0.5, 0.6) is 5.75 Å². The Labute approximate surface area is 157 Å². The number of nitrogens with zero attached hydrogens (tertiary/aromatic N) is 1. The molecule has 9 heteroatoms. The quantitative estimate of drug-likeness (QED) is 0.689. The van der Waals surface area contributed by atoms with Crippen molar-refractivity contribution in [3.63, 3.8) is 0 Å². The number of benzene rings is 1. The molecule has 148 valence electrons. The standard InChI is InChI=1S/C18H25FN4O4/c1-11(18(25)20-12-3-4-13(19)14(9-12)26-2)17-21-15(10-16(24)22-17)23-5-7-27-8-6-23/h3-4,9,11,15,17,21H,5-8,10H2,1-2H3,(H,20,25)(H,22,24). The molecule has 8 nitrogen and oxygen atoms in total. The van der Waals surface area contributed by atoms with Gasteiger partial charge in [-0.25, -0.2) is 4.39 Å². The zero-order valence-electron chi connectivity index (χ0n) is 15.5. The zero-order valence-corrected chi connectivity index (χ0v) is 15.5. The summed E-state index contributed by atoms with van der Waals surface area (Å²) in [7, 11) is 1.36. The van der Waals surface area contributed by atoms with Crippen LogP contribution in [0, 0.1) is 11.7 Å². The average Bonchev–Trinajstić information content (AvgIpc) is 2.69. The Kier molecular flexibility index (Phi) is 6.25. The molecule has 3 unspecified atom stereocenters. The lowest BCUT2D eigenvalue weighted by Gasteiger charge is -2.41. The maximum absolute atomic E-state index is 13.5. The number of ether oxygens (including phenoxy) is 2. The summed E-state index contributed by atoms with van der Waals surface area (Å²) < 4.78 is 23.8. The van der Waals surface area contributed by atoms with E-state index in [0.29, 0.717) is 25.3 Å². The lowest BCUT2D eigenvalue weighted by atomic mass is 10.0. The highest BCUT2D eigenvalue weighted by Gasteiger charge is 2.35. The van der Waals surface area contributed by atoms with E-state index in [1.165, 1.54) is 25.3 Å². The van der Waals surface area contributed by atoms with Gasteiger partial charge in [0.1, 0.15) is 0 Å². The number of amides is 2. The first-order chi connectivity index (χ1) is 13.0. The van der Waals surface area contributed by atoms with E-state index in [-0.39, 0.29) is 23.7 Å². The van der Waals surface area contributed by atoms with Gasteiger partial charge in [-0.15, -0.1) is 0 Å². The van der Waals surface area contributed by atoms with E-state index in [4.69, 9.17) is 9.47 Å². The molecule has 0 saturated carbocycles. The topological polar surface area (TPSA) is 91.9 Å². The third-order valence-electron chi connectivity index (χ3n) is 4.89. The van der Waals surface area contributed by atoms with Gasteiger partial charge >= 0.3 is 0 Å². The molecule has 2 saturated heterocycles.